The first-order valence-electron chi connectivity index (χ1n) is 10.1. The van der Waals surface area contributed by atoms with Crippen molar-refractivity contribution in [1.29, 1.82) is 0 Å². The fraction of sp³-hybridized carbons (Fsp3) is 0.167. The highest BCUT2D eigenvalue weighted by Crippen LogP contribution is 2.26. The van der Waals surface area contributed by atoms with E-state index in [9.17, 15) is 4.79 Å². The number of methoxy groups -OCH3 is 1. The number of aromatic nitrogens is 3. The number of likely N-dealkylation sites (tertiary alicyclic amines) is 1. The minimum Gasteiger partial charge on any atom is -0.496 e. The van der Waals surface area contributed by atoms with E-state index in [-0.39, 0.29) is 12.0 Å². The maximum absolute atomic E-state index is 12.7. The highest BCUT2D eigenvalue weighted by molar-refractivity contribution is 5.97. The maximum atomic E-state index is 12.7. The molecule has 1 aliphatic rings. The predicted octanol–water partition coefficient (Wildman–Crippen LogP) is 3.71. The lowest BCUT2D eigenvalue weighted by molar-refractivity contribution is 0.0176. The third kappa shape index (κ3) is 3.90. The molecule has 0 atom stereocenters. The van der Waals surface area contributed by atoms with E-state index in [1.807, 2.05) is 48.5 Å². The van der Waals surface area contributed by atoms with Crippen molar-refractivity contribution in [2.75, 3.05) is 20.2 Å². The second kappa shape index (κ2) is 8.50. The van der Waals surface area contributed by atoms with Crippen LogP contribution in [-0.2, 0) is 0 Å². The van der Waals surface area contributed by atoms with Crippen molar-refractivity contribution in [3.8, 4) is 34.3 Å². The second-order valence-electron chi connectivity index (χ2n) is 7.33. The number of rotatable bonds is 6. The Balaban J connectivity index is 1.19. The number of pyridine rings is 1. The first-order chi connectivity index (χ1) is 15.7. The summed E-state index contributed by atoms with van der Waals surface area (Å²) in [6.07, 6.45) is 3.30. The van der Waals surface area contributed by atoms with Gasteiger partial charge in [0.05, 0.1) is 25.8 Å². The van der Waals surface area contributed by atoms with Crippen LogP contribution in [0.4, 0.5) is 0 Å². The average Bonchev–Trinajstić information content (AvgIpc) is 3.32. The predicted molar refractivity (Wildman–Crippen MR) is 116 cm³/mol. The van der Waals surface area contributed by atoms with Gasteiger partial charge in [-0.1, -0.05) is 17.3 Å². The van der Waals surface area contributed by atoms with Crippen LogP contribution in [0.5, 0.6) is 11.5 Å². The molecule has 0 spiro atoms. The highest BCUT2D eigenvalue weighted by atomic mass is 16.5. The average molecular weight is 428 g/mol. The molecule has 2 aromatic carbocycles. The molecule has 2 aromatic heterocycles. The third-order valence-corrected chi connectivity index (χ3v) is 5.24. The zero-order valence-corrected chi connectivity index (χ0v) is 17.3. The van der Waals surface area contributed by atoms with Crippen LogP contribution in [0.3, 0.4) is 0 Å². The molecule has 5 rings (SSSR count). The molecule has 160 valence electrons. The molecule has 0 saturated carbocycles. The number of benzene rings is 2. The Labute approximate surface area is 184 Å². The van der Waals surface area contributed by atoms with E-state index in [0.29, 0.717) is 36.1 Å². The van der Waals surface area contributed by atoms with Crippen LogP contribution in [0.1, 0.15) is 10.4 Å². The molecular formula is C24H20N4O4. The molecule has 4 aromatic rings. The summed E-state index contributed by atoms with van der Waals surface area (Å²) < 4.78 is 16.6. The highest BCUT2D eigenvalue weighted by Gasteiger charge is 2.33. The Morgan fingerprint density at radius 1 is 1.00 bits per heavy atom. The summed E-state index contributed by atoms with van der Waals surface area (Å²) in [5.41, 5.74) is 2.20. The van der Waals surface area contributed by atoms with E-state index < -0.39 is 0 Å². The smallest absolute Gasteiger partial charge is 0.258 e. The van der Waals surface area contributed by atoms with E-state index >= 15 is 0 Å². The summed E-state index contributed by atoms with van der Waals surface area (Å²) in [5.74, 6) is 2.18. The topological polar surface area (TPSA) is 90.6 Å². The number of nitrogens with zero attached hydrogens (tertiary/aromatic N) is 4. The van der Waals surface area contributed by atoms with Gasteiger partial charge in [-0.3, -0.25) is 9.78 Å². The molecule has 1 amide bonds. The van der Waals surface area contributed by atoms with Crippen molar-refractivity contribution >= 4 is 5.91 Å². The first kappa shape index (κ1) is 19.7. The zero-order chi connectivity index (χ0) is 21.9. The number of carbonyl (C=O) groups excluding carboxylic acids is 1. The van der Waals surface area contributed by atoms with Gasteiger partial charge in [0.2, 0.25) is 5.82 Å². The molecule has 0 radical (unpaired) electrons. The molecule has 1 fully saturated rings. The molecule has 8 heteroatoms. The van der Waals surface area contributed by atoms with Gasteiger partial charge < -0.3 is 18.9 Å². The fourth-order valence-corrected chi connectivity index (χ4v) is 3.50. The SMILES string of the molecule is COc1ccccc1C(=O)N1CC(Oc2ccc(-c3noc(-c4ccncc4)n3)cc2)C1. The number of ether oxygens (including phenoxy) is 2. The van der Waals surface area contributed by atoms with Crippen molar-refractivity contribution in [2.45, 2.75) is 6.10 Å². The fourth-order valence-electron chi connectivity index (χ4n) is 3.50. The molecule has 8 nitrogen and oxygen atoms in total. The van der Waals surface area contributed by atoms with Gasteiger partial charge in [-0.05, 0) is 48.5 Å². The van der Waals surface area contributed by atoms with E-state index in [2.05, 4.69) is 15.1 Å². The van der Waals surface area contributed by atoms with Crippen LogP contribution in [0.25, 0.3) is 22.8 Å². The lowest BCUT2D eigenvalue weighted by Gasteiger charge is -2.39. The Morgan fingerprint density at radius 2 is 1.75 bits per heavy atom. The van der Waals surface area contributed by atoms with Crippen molar-refractivity contribution in [3.05, 3.63) is 78.6 Å². The second-order valence-corrected chi connectivity index (χ2v) is 7.33. The lowest BCUT2D eigenvalue weighted by Crippen LogP contribution is -2.56. The Kier molecular flexibility index (Phi) is 5.25. The zero-order valence-electron chi connectivity index (χ0n) is 17.3. The number of amides is 1. The van der Waals surface area contributed by atoms with Gasteiger partial charge in [0.15, 0.2) is 0 Å². The maximum Gasteiger partial charge on any atom is 0.258 e. The monoisotopic (exact) mass is 428 g/mol. The van der Waals surface area contributed by atoms with Crippen molar-refractivity contribution in [2.24, 2.45) is 0 Å². The summed E-state index contributed by atoms with van der Waals surface area (Å²) in [5, 5.41) is 4.05. The quantitative estimate of drug-likeness (QED) is 0.462. The number of hydrogen-bond donors (Lipinski definition) is 0. The Bertz CT molecular complexity index is 1220. The molecule has 3 heterocycles. The summed E-state index contributed by atoms with van der Waals surface area (Å²) in [6, 6.07) is 18.3. The molecule has 1 aliphatic heterocycles. The first-order valence-corrected chi connectivity index (χ1v) is 10.1. The molecule has 0 aliphatic carbocycles. The van der Waals surface area contributed by atoms with E-state index in [4.69, 9.17) is 14.0 Å². The largest absolute Gasteiger partial charge is 0.496 e. The van der Waals surface area contributed by atoms with E-state index in [1.165, 1.54) is 0 Å². The molecule has 0 unspecified atom stereocenters. The van der Waals surface area contributed by atoms with E-state index in [1.54, 1.807) is 36.5 Å². The van der Waals surface area contributed by atoms with Gasteiger partial charge >= 0.3 is 0 Å². The standard InChI is InChI=1S/C24H20N4O4/c1-30-21-5-3-2-4-20(21)24(29)28-14-19(15-28)31-18-8-6-16(7-9-18)22-26-23(32-27-22)17-10-12-25-13-11-17/h2-13,19H,14-15H2,1H3. The molecule has 0 N–H and O–H groups in total. The molecular weight excluding hydrogens is 408 g/mol. The lowest BCUT2D eigenvalue weighted by atomic mass is 10.1. The summed E-state index contributed by atoms with van der Waals surface area (Å²) in [6.45, 7) is 1.05. The molecule has 1 saturated heterocycles. The number of carbonyl (C=O) groups is 1. The molecule has 32 heavy (non-hydrogen) atoms. The van der Waals surface area contributed by atoms with Crippen LogP contribution < -0.4 is 9.47 Å². The van der Waals surface area contributed by atoms with Crippen LogP contribution in [0.15, 0.2) is 77.6 Å². The van der Waals surface area contributed by atoms with Crippen LogP contribution in [0.2, 0.25) is 0 Å². The van der Waals surface area contributed by atoms with Gasteiger partial charge in [-0.25, -0.2) is 0 Å². The van der Waals surface area contributed by atoms with Gasteiger partial charge in [0, 0.05) is 23.5 Å². The Morgan fingerprint density at radius 3 is 2.50 bits per heavy atom. The number of para-hydroxylation sites is 1. The number of hydrogen-bond acceptors (Lipinski definition) is 7. The van der Waals surface area contributed by atoms with Crippen molar-refractivity contribution < 1.29 is 18.8 Å². The van der Waals surface area contributed by atoms with Gasteiger partial charge in [-0.2, -0.15) is 4.98 Å². The normalized spacial score (nSPS) is 13.5. The van der Waals surface area contributed by atoms with Gasteiger partial charge in [0.25, 0.3) is 11.8 Å². The van der Waals surface area contributed by atoms with Gasteiger partial charge in [-0.15, -0.1) is 0 Å². The third-order valence-electron chi connectivity index (χ3n) is 5.24. The van der Waals surface area contributed by atoms with Gasteiger partial charge in [0.1, 0.15) is 17.6 Å². The minimum absolute atomic E-state index is 0.0528. The van der Waals surface area contributed by atoms with Crippen LogP contribution >= 0.6 is 0 Å². The van der Waals surface area contributed by atoms with Crippen LogP contribution in [-0.4, -0.2) is 52.2 Å². The molecule has 0 bridgehead atoms. The Hall–Kier alpha value is -4.20. The minimum atomic E-state index is -0.0558. The van der Waals surface area contributed by atoms with E-state index in [0.717, 1.165) is 16.9 Å². The van der Waals surface area contributed by atoms with Crippen LogP contribution in [0, 0.1) is 0 Å². The summed E-state index contributed by atoms with van der Waals surface area (Å²) in [7, 11) is 1.56. The summed E-state index contributed by atoms with van der Waals surface area (Å²) >= 11 is 0. The van der Waals surface area contributed by atoms with Crippen molar-refractivity contribution in [3.63, 3.8) is 0 Å². The van der Waals surface area contributed by atoms with Crippen molar-refractivity contribution in [1.82, 2.24) is 20.0 Å². The summed E-state index contributed by atoms with van der Waals surface area (Å²) in [4.78, 5) is 22.8.